The van der Waals surface area contributed by atoms with E-state index in [4.69, 9.17) is 4.74 Å². The summed E-state index contributed by atoms with van der Waals surface area (Å²) in [4.78, 5) is 19.3. The number of hydrogen-bond acceptors (Lipinski definition) is 6. The summed E-state index contributed by atoms with van der Waals surface area (Å²) in [5.41, 5.74) is 1.03. The lowest BCUT2D eigenvalue weighted by atomic mass is 9.84. The highest BCUT2D eigenvalue weighted by Crippen LogP contribution is 2.25. The van der Waals surface area contributed by atoms with E-state index in [2.05, 4.69) is 46.7 Å². The summed E-state index contributed by atoms with van der Waals surface area (Å²) < 4.78 is 5.78. The van der Waals surface area contributed by atoms with E-state index in [1.165, 1.54) is 24.2 Å². The average Bonchev–Trinajstić information content (AvgIpc) is 3.01. The fraction of sp³-hybridized carbons (Fsp3) is 0.789. The van der Waals surface area contributed by atoms with Gasteiger partial charge in [-0.25, -0.2) is 4.98 Å². The van der Waals surface area contributed by atoms with Crippen molar-refractivity contribution in [2.75, 3.05) is 31.5 Å². The van der Waals surface area contributed by atoms with Crippen molar-refractivity contribution in [2.45, 2.75) is 58.8 Å². The van der Waals surface area contributed by atoms with Gasteiger partial charge in [-0.05, 0) is 51.6 Å². The Labute approximate surface area is 185 Å². The Morgan fingerprint density at radius 2 is 1.96 bits per heavy atom. The summed E-state index contributed by atoms with van der Waals surface area (Å²) in [6, 6.07) is 0. The first-order valence-electron chi connectivity index (χ1n) is 9.82. The molecule has 3 rings (SSSR count). The van der Waals surface area contributed by atoms with Crippen molar-refractivity contribution in [3.63, 3.8) is 0 Å². The minimum Gasteiger partial charge on any atom is -0.373 e. The predicted molar refractivity (Wildman–Crippen MR) is 120 cm³/mol. The van der Waals surface area contributed by atoms with Crippen LogP contribution >= 0.6 is 36.2 Å². The SMILES string of the molecule is CC1CN(Cc2csc(NC(=O)CC(C)C3CCNCC3)n2)CC(C)O1.Cl.Cl. The minimum absolute atomic E-state index is 0. The number of morpholine rings is 1. The average molecular weight is 453 g/mol. The zero-order valence-corrected chi connectivity index (χ0v) is 19.4. The van der Waals surface area contributed by atoms with Crippen molar-refractivity contribution in [2.24, 2.45) is 11.8 Å². The Morgan fingerprint density at radius 3 is 2.61 bits per heavy atom. The number of piperidine rings is 1. The number of carbonyl (C=O) groups excluding carboxylic acids is 1. The summed E-state index contributed by atoms with van der Waals surface area (Å²) in [5.74, 6) is 1.16. The Hall–Kier alpha value is -0.440. The summed E-state index contributed by atoms with van der Waals surface area (Å²) in [7, 11) is 0. The second kappa shape index (κ2) is 12.3. The molecule has 0 aliphatic carbocycles. The van der Waals surface area contributed by atoms with Gasteiger partial charge in [0.05, 0.1) is 17.9 Å². The lowest BCUT2D eigenvalue weighted by Crippen LogP contribution is -2.44. The number of nitrogens with zero attached hydrogens (tertiary/aromatic N) is 2. The number of amides is 1. The highest BCUT2D eigenvalue weighted by Gasteiger charge is 2.24. The van der Waals surface area contributed by atoms with Crippen molar-refractivity contribution in [3.8, 4) is 0 Å². The van der Waals surface area contributed by atoms with E-state index in [9.17, 15) is 4.79 Å². The topological polar surface area (TPSA) is 66.5 Å². The molecule has 0 aromatic carbocycles. The van der Waals surface area contributed by atoms with Gasteiger partial charge in [-0.3, -0.25) is 9.69 Å². The number of halogens is 2. The lowest BCUT2D eigenvalue weighted by Gasteiger charge is -2.34. The summed E-state index contributed by atoms with van der Waals surface area (Å²) in [5, 5.41) is 9.15. The molecule has 0 radical (unpaired) electrons. The molecule has 2 aliphatic rings. The van der Waals surface area contributed by atoms with E-state index in [1.807, 2.05) is 0 Å². The molecule has 0 saturated carbocycles. The van der Waals surface area contributed by atoms with Gasteiger partial charge in [0.15, 0.2) is 5.13 Å². The third-order valence-corrected chi connectivity index (χ3v) is 6.18. The number of aromatic nitrogens is 1. The standard InChI is InChI=1S/C19H32N4O2S.2ClH/c1-13(16-4-6-20-7-5-16)8-18(24)22-19-21-17(12-26-19)11-23-9-14(2)25-15(3)10-23;;/h12-16,20H,4-11H2,1-3H3,(H,21,22,24);2*1H. The first kappa shape index (κ1) is 25.6. The van der Waals surface area contributed by atoms with Crippen LogP contribution in [-0.4, -0.2) is 54.2 Å². The molecule has 3 atom stereocenters. The molecule has 1 amide bonds. The van der Waals surface area contributed by atoms with E-state index in [0.29, 0.717) is 18.3 Å². The van der Waals surface area contributed by atoms with Gasteiger partial charge in [-0.15, -0.1) is 36.2 Å². The van der Waals surface area contributed by atoms with Crippen LogP contribution in [-0.2, 0) is 16.1 Å². The maximum absolute atomic E-state index is 12.4. The molecular weight excluding hydrogens is 419 g/mol. The molecule has 1 aromatic heterocycles. The van der Waals surface area contributed by atoms with Crippen molar-refractivity contribution in [3.05, 3.63) is 11.1 Å². The molecule has 162 valence electrons. The van der Waals surface area contributed by atoms with E-state index in [-0.39, 0.29) is 42.9 Å². The largest absolute Gasteiger partial charge is 0.373 e. The highest BCUT2D eigenvalue weighted by atomic mass is 35.5. The zero-order chi connectivity index (χ0) is 18.5. The van der Waals surface area contributed by atoms with Gasteiger partial charge >= 0.3 is 0 Å². The monoisotopic (exact) mass is 452 g/mol. The van der Waals surface area contributed by atoms with Gasteiger partial charge in [0, 0.05) is 31.4 Å². The molecule has 9 heteroatoms. The minimum atomic E-state index is 0. The Morgan fingerprint density at radius 1 is 1.32 bits per heavy atom. The fourth-order valence-electron chi connectivity index (χ4n) is 4.12. The van der Waals surface area contributed by atoms with E-state index < -0.39 is 0 Å². The maximum Gasteiger partial charge on any atom is 0.226 e. The normalized spacial score (nSPS) is 24.7. The number of hydrogen-bond donors (Lipinski definition) is 2. The Balaban J connectivity index is 0.00000196. The van der Waals surface area contributed by atoms with Crippen LogP contribution in [0.15, 0.2) is 5.38 Å². The van der Waals surface area contributed by atoms with Crippen LogP contribution in [0.3, 0.4) is 0 Å². The maximum atomic E-state index is 12.4. The molecule has 0 bridgehead atoms. The highest BCUT2D eigenvalue weighted by molar-refractivity contribution is 7.13. The summed E-state index contributed by atoms with van der Waals surface area (Å²) in [6.07, 6.45) is 3.44. The third-order valence-electron chi connectivity index (χ3n) is 5.37. The molecule has 28 heavy (non-hydrogen) atoms. The van der Waals surface area contributed by atoms with Crippen molar-refractivity contribution >= 4 is 47.2 Å². The predicted octanol–water partition coefficient (Wildman–Crippen LogP) is 3.56. The van der Waals surface area contributed by atoms with Gasteiger partial charge in [0.25, 0.3) is 0 Å². The van der Waals surface area contributed by atoms with Gasteiger partial charge < -0.3 is 15.4 Å². The smallest absolute Gasteiger partial charge is 0.226 e. The molecule has 1 aromatic rings. The van der Waals surface area contributed by atoms with Gasteiger partial charge in [-0.2, -0.15) is 0 Å². The van der Waals surface area contributed by atoms with E-state index in [1.54, 1.807) is 0 Å². The second-order valence-corrected chi connectivity index (χ2v) is 8.77. The molecule has 3 heterocycles. The number of carbonyl (C=O) groups is 1. The van der Waals surface area contributed by atoms with E-state index in [0.717, 1.165) is 43.5 Å². The zero-order valence-electron chi connectivity index (χ0n) is 17.0. The Bertz CT molecular complexity index is 588. The lowest BCUT2D eigenvalue weighted by molar-refractivity contribution is -0.117. The molecule has 3 unspecified atom stereocenters. The fourth-order valence-corrected chi connectivity index (χ4v) is 4.84. The van der Waals surface area contributed by atoms with Gasteiger partial charge in [0.2, 0.25) is 5.91 Å². The van der Waals surface area contributed by atoms with Crippen molar-refractivity contribution in [1.29, 1.82) is 0 Å². The van der Waals surface area contributed by atoms with Crippen LogP contribution in [0.25, 0.3) is 0 Å². The number of anilines is 1. The van der Waals surface area contributed by atoms with Crippen LogP contribution < -0.4 is 10.6 Å². The molecule has 2 saturated heterocycles. The van der Waals surface area contributed by atoms with Gasteiger partial charge in [-0.1, -0.05) is 6.92 Å². The van der Waals surface area contributed by atoms with Crippen molar-refractivity contribution in [1.82, 2.24) is 15.2 Å². The molecule has 6 nitrogen and oxygen atoms in total. The third kappa shape index (κ3) is 7.76. The Kier molecular flexibility index (Phi) is 11.2. The number of ether oxygens (including phenoxy) is 1. The van der Waals surface area contributed by atoms with Gasteiger partial charge in [0.1, 0.15) is 0 Å². The van der Waals surface area contributed by atoms with Crippen LogP contribution in [0.5, 0.6) is 0 Å². The van der Waals surface area contributed by atoms with Crippen LogP contribution in [0.4, 0.5) is 5.13 Å². The van der Waals surface area contributed by atoms with E-state index >= 15 is 0 Å². The molecule has 2 aliphatic heterocycles. The molecule has 2 fully saturated rings. The quantitative estimate of drug-likeness (QED) is 0.690. The van der Waals surface area contributed by atoms with Crippen molar-refractivity contribution < 1.29 is 9.53 Å². The molecule has 0 spiro atoms. The second-order valence-electron chi connectivity index (χ2n) is 7.91. The molecular formula is C19H34Cl2N4O2S. The van der Waals surface area contributed by atoms with Crippen LogP contribution in [0.1, 0.15) is 45.7 Å². The van der Waals surface area contributed by atoms with Crippen LogP contribution in [0, 0.1) is 11.8 Å². The first-order valence-corrected chi connectivity index (χ1v) is 10.7. The molecule has 2 N–H and O–H groups in total. The summed E-state index contributed by atoms with van der Waals surface area (Å²) >= 11 is 1.52. The van der Waals surface area contributed by atoms with Crippen LogP contribution in [0.2, 0.25) is 0 Å². The summed E-state index contributed by atoms with van der Waals surface area (Å²) in [6.45, 7) is 11.2. The number of nitrogens with one attached hydrogen (secondary N) is 2. The first-order chi connectivity index (χ1) is 12.5. The number of thiazole rings is 1. The number of rotatable bonds is 6.